The van der Waals surface area contributed by atoms with Crippen LogP contribution in [0.1, 0.15) is 18.4 Å². The lowest BCUT2D eigenvalue weighted by atomic mass is 10.2. The molecule has 5 nitrogen and oxygen atoms in total. The number of carbonyl (C=O) groups excluding carboxylic acids is 1. The molecule has 2 aromatic rings. The number of halogens is 4. The summed E-state index contributed by atoms with van der Waals surface area (Å²) in [4.78, 5) is 11.8. The van der Waals surface area contributed by atoms with Crippen LogP contribution >= 0.6 is 15.9 Å². The van der Waals surface area contributed by atoms with E-state index in [2.05, 4.69) is 21.2 Å². The molecule has 2 N–H and O–H groups in total. The van der Waals surface area contributed by atoms with Crippen molar-refractivity contribution in [3.05, 3.63) is 58.6 Å². The minimum atomic E-state index is -4.41. The van der Waals surface area contributed by atoms with Crippen molar-refractivity contribution in [3.63, 3.8) is 0 Å². The van der Waals surface area contributed by atoms with Gasteiger partial charge in [-0.05, 0) is 58.7 Å². The topological polar surface area (TPSA) is 67.8 Å². The number of amides is 1. The van der Waals surface area contributed by atoms with Gasteiger partial charge < -0.3 is 19.9 Å². The SMILES string of the molecule is O=C(CCCOc1ccccc1Br)NCC(O)COc1ccc(C(F)(F)F)cc1. The number of nitrogens with one attached hydrogen (secondary N) is 1. The highest BCUT2D eigenvalue weighted by molar-refractivity contribution is 9.10. The van der Waals surface area contributed by atoms with Crippen LogP contribution in [-0.4, -0.2) is 36.9 Å². The molecule has 29 heavy (non-hydrogen) atoms. The maximum Gasteiger partial charge on any atom is 0.416 e. The Morgan fingerprint density at radius 3 is 2.45 bits per heavy atom. The average molecular weight is 476 g/mol. The molecule has 158 valence electrons. The number of hydrogen-bond donors (Lipinski definition) is 2. The fourth-order valence-electron chi connectivity index (χ4n) is 2.29. The zero-order valence-corrected chi connectivity index (χ0v) is 17.0. The molecule has 0 aliphatic heterocycles. The van der Waals surface area contributed by atoms with Gasteiger partial charge in [-0.15, -0.1) is 0 Å². The summed E-state index contributed by atoms with van der Waals surface area (Å²) in [5.41, 5.74) is -0.777. The van der Waals surface area contributed by atoms with Crippen molar-refractivity contribution in [1.29, 1.82) is 0 Å². The van der Waals surface area contributed by atoms with Gasteiger partial charge in [0.05, 0.1) is 16.6 Å². The molecule has 2 rings (SSSR count). The Balaban J connectivity index is 1.60. The normalized spacial score (nSPS) is 12.3. The second-order valence-electron chi connectivity index (χ2n) is 6.17. The summed E-state index contributed by atoms with van der Waals surface area (Å²) >= 11 is 3.37. The van der Waals surface area contributed by atoms with E-state index in [1.54, 1.807) is 0 Å². The molecule has 1 atom stereocenters. The van der Waals surface area contributed by atoms with E-state index in [0.717, 1.165) is 16.6 Å². The molecule has 0 radical (unpaired) electrons. The molecule has 0 aliphatic carbocycles. The lowest BCUT2D eigenvalue weighted by molar-refractivity contribution is -0.137. The van der Waals surface area contributed by atoms with Crippen molar-refractivity contribution < 1.29 is 32.5 Å². The van der Waals surface area contributed by atoms with E-state index in [0.29, 0.717) is 18.8 Å². The van der Waals surface area contributed by atoms with Crippen LogP contribution in [0.4, 0.5) is 13.2 Å². The molecule has 0 saturated heterocycles. The van der Waals surface area contributed by atoms with Gasteiger partial charge in [-0.1, -0.05) is 12.1 Å². The van der Waals surface area contributed by atoms with E-state index >= 15 is 0 Å². The van der Waals surface area contributed by atoms with Gasteiger partial charge in [0.25, 0.3) is 0 Å². The number of benzene rings is 2. The molecular formula is C20H21BrF3NO4. The smallest absolute Gasteiger partial charge is 0.416 e. The maximum atomic E-state index is 12.5. The molecule has 0 aliphatic rings. The molecule has 1 amide bonds. The van der Waals surface area contributed by atoms with E-state index in [4.69, 9.17) is 9.47 Å². The first-order valence-electron chi connectivity index (χ1n) is 8.88. The van der Waals surface area contributed by atoms with E-state index in [-0.39, 0.29) is 31.2 Å². The Morgan fingerprint density at radius 2 is 1.79 bits per heavy atom. The highest BCUT2D eigenvalue weighted by atomic mass is 79.9. The zero-order valence-electron chi connectivity index (χ0n) is 15.4. The predicted octanol–water partition coefficient (Wildman–Crippen LogP) is 4.18. The fourth-order valence-corrected chi connectivity index (χ4v) is 2.69. The van der Waals surface area contributed by atoms with Gasteiger partial charge in [-0.25, -0.2) is 0 Å². The van der Waals surface area contributed by atoms with Crippen LogP contribution in [0.3, 0.4) is 0 Å². The van der Waals surface area contributed by atoms with Crippen LogP contribution in [0.5, 0.6) is 11.5 Å². The summed E-state index contributed by atoms with van der Waals surface area (Å²) in [6, 6.07) is 11.6. The zero-order chi connectivity index (χ0) is 21.3. The van der Waals surface area contributed by atoms with Gasteiger partial charge in [0.2, 0.25) is 5.91 Å². The van der Waals surface area contributed by atoms with E-state index < -0.39 is 17.8 Å². The molecular weight excluding hydrogens is 455 g/mol. The summed E-state index contributed by atoms with van der Waals surface area (Å²) in [5.74, 6) is 0.658. The Labute approximate surface area is 175 Å². The van der Waals surface area contributed by atoms with Crippen LogP contribution in [0, 0.1) is 0 Å². The van der Waals surface area contributed by atoms with Crippen LogP contribution < -0.4 is 14.8 Å². The second-order valence-corrected chi connectivity index (χ2v) is 7.03. The first-order valence-corrected chi connectivity index (χ1v) is 9.67. The first-order chi connectivity index (χ1) is 13.8. The van der Waals surface area contributed by atoms with Crippen LogP contribution in [-0.2, 0) is 11.0 Å². The molecule has 1 unspecified atom stereocenters. The summed E-state index contributed by atoms with van der Waals surface area (Å²) in [7, 11) is 0. The Hall–Kier alpha value is -2.26. The third-order valence-corrected chi connectivity index (χ3v) is 4.46. The van der Waals surface area contributed by atoms with Gasteiger partial charge >= 0.3 is 6.18 Å². The molecule has 0 aromatic heterocycles. The van der Waals surface area contributed by atoms with Crippen molar-refractivity contribution >= 4 is 21.8 Å². The fraction of sp³-hybridized carbons (Fsp3) is 0.350. The van der Waals surface area contributed by atoms with E-state index in [1.807, 2.05) is 24.3 Å². The number of aliphatic hydroxyl groups is 1. The Morgan fingerprint density at radius 1 is 1.10 bits per heavy atom. The van der Waals surface area contributed by atoms with Crippen molar-refractivity contribution in [2.24, 2.45) is 0 Å². The Bertz CT molecular complexity index is 784. The van der Waals surface area contributed by atoms with Crippen LogP contribution in [0.25, 0.3) is 0 Å². The number of para-hydroxylation sites is 1. The molecule has 0 fully saturated rings. The standard InChI is InChI=1S/C20H21BrF3NO4/c21-17-4-1-2-5-18(17)28-11-3-6-19(27)25-12-15(26)13-29-16-9-7-14(8-10-16)20(22,23)24/h1-2,4-5,7-10,15,26H,3,6,11-13H2,(H,25,27). The van der Waals surface area contributed by atoms with Crippen LogP contribution in [0.15, 0.2) is 53.0 Å². The molecule has 0 spiro atoms. The quantitative estimate of drug-likeness (QED) is 0.505. The number of aliphatic hydroxyl groups excluding tert-OH is 1. The number of hydrogen-bond acceptors (Lipinski definition) is 4. The van der Waals surface area contributed by atoms with Crippen molar-refractivity contribution in [3.8, 4) is 11.5 Å². The molecule has 2 aromatic carbocycles. The van der Waals surface area contributed by atoms with Crippen molar-refractivity contribution in [2.45, 2.75) is 25.1 Å². The number of alkyl halides is 3. The molecule has 9 heteroatoms. The number of rotatable bonds is 10. The number of carbonyl (C=O) groups is 1. The van der Waals surface area contributed by atoms with Crippen molar-refractivity contribution in [1.82, 2.24) is 5.32 Å². The molecule has 0 heterocycles. The van der Waals surface area contributed by atoms with Gasteiger partial charge in [-0.2, -0.15) is 13.2 Å². The summed E-state index contributed by atoms with van der Waals surface area (Å²) in [6.07, 6.45) is -4.66. The summed E-state index contributed by atoms with van der Waals surface area (Å²) in [6.45, 7) is 0.191. The predicted molar refractivity (Wildman–Crippen MR) is 105 cm³/mol. The molecule has 0 saturated carbocycles. The minimum absolute atomic E-state index is 0.0233. The molecule has 0 bridgehead atoms. The van der Waals surface area contributed by atoms with E-state index in [9.17, 15) is 23.1 Å². The third kappa shape index (κ3) is 8.33. The van der Waals surface area contributed by atoms with Gasteiger partial charge in [0, 0.05) is 13.0 Å². The lowest BCUT2D eigenvalue weighted by Crippen LogP contribution is -2.35. The summed E-state index contributed by atoms with van der Waals surface area (Å²) < 4.78 is 49.1. The van der Waals surface area contributed by atoms with Gasteiger partial charge in [-0.3, -0.25) is 4.79 Å². The largest absolute Gasteiger partial charge is 0.492 e. The van der Waals surface area contributed by atoms with E-state index in [1.165, 1.54) is 12.1 Å². The summed E-state index contributed by atoms with van der Waals surface area (Å²) in [5, 5.41) is 12.4. The highest BCUT2D eigenvalue weighted by Gasteiger charge is 2.30. The lowest BCUT2D eigenvalue weighted by Gasteiger charge is -2.14. The monoisotopic (exact) mass is 475 g/mol. The van der Waals surface area contributed by atoms with Crippen LogP contribution in [0.2, 0.25) is 0 Å². The number of ether oxygens (including phenoxy) is 2. The van der Waals surface area contributed by atoms with Gasteiger partial charge in [0.1, 0.15) is 24.2 Å². The minimum Gasteiger partial charge on any atom is -0.492 e. The first kappa shape index (κ1) is 23.0. The third-order valence-electron chi connectivity index (χ3n) is 3.80. The van der Waals surface area contributed by atoms with Gasteiger partial charge in [0.15, 0.2) is 0 Å². The highest BCUT2D eigenvalue weighted by Crippen LogP contribution is 2.30. The second kappa shape index (κ2) is 11.1. The maximum absolute atomic E-state index is 12.5. The van der Waals surface area contributed by atoms with Crippen molar-refractivity contribution in [2.75, 3.05) is 19.8 Å². The average Bonchev–Trinajstić information content (AvgIpc) is 2.69. The Kier molecular flexibility index (Phi) is 8.78.